The summed E-state index contributed by atoms with van der Waals surface area (Å²) in [7, 11) is -3.30. The number of pyridine rings is 1. The Kier molecular flexibility index (Phi) is 4.88. The molecular weight excluding hydrogens is 343 g/mol. The summed E-state index contributed by atoms with van der Waals surface area (Å²) in [6.07, 6.45) is -1.34. The number of piperidine rings is 1. The van der Waals surface area contributed by atoms with Crippen LogP contribution in [0.15, 0.2) is 12.3 Å². The molecule has 1 aliphatic rings. The first-order chi connectivity index (χ1) is 10.1. The average molecular weight is 358 g/mol. The van der Waals surface area contributed by atoms with E-state index in [2.05, 4.69) is 10.3 Å². The van der Waals surface area contributed by atoms with Crippen molar-refractivity contribution in [3.8, 4) is 0 Å². The van der Waals surface area contributed by atoms with Crippen LogP contribution in [0.2, 0.25) is 5.02 Å². The van der Waals surface area contributed by atoms with E-state index in [1.54, 1.807) is 0 Å². The van der Waals surface area contributed by atoms with Crippen molar-refractivity contribution >= 4 is 27.4 Å². The van der Waals surface area contributed by atoms with Crippen LogP contribution < -0.4 is 5.32 Å². The van der Waals surface area contributed by atoms with E-state index in [1.165, 1.54) is 4.31 Å². The Bertz CT molecular complexity index is 652. The zero-order chi connectivity index (χ0) is 16.5. The number of nitrogens with one attached hydrogen (secondary N) is 1. The molecule has 0 bridgehead atoms. The number of sulfonamides is 1. The predicted molar refractivity (Wildman–Crippen MR) is 77.3 cm³/mol. The van der Waals surface area contributed by atoms with Gasteiger partial charge in [0.1, 0.15) is 5.82 Å². The second kappa shape index (κ2) is 6.21. The van der Waals surface area contributed by atoms with E-state index in [0.29, 0.717) is 25.6 Å². The van der Waals surface area contributed by atoms with Crippen LogP contribution in [-0.4, -0.2) is 43.1 Å². The fourth-order valence-electron chi connectivity index (χ4n) is 2.25. The molecule has 0 saturated carbocycles. The molecule has 1 N–H and O–H groups in total. The third-order valence-electron chi connectivity index (χ3n) is 3.36. The van der Waals surface area contributed by atoms with Gasteiger partial charge in [-0.05, 0) is 18.9 Å². The number of alkyl halides is 3. The smallest absolute Gasteiger partial charge is 0.365 e. The number of rotatable bonds is 3. The lowest BCUT2D eigenvalue weighted by Crippen LogP contribution is -2.44. The van der Waals surface area contributed by atoms with Gasteiger partial charge in [0.15, 0.2) is 0 Å². The van der Waals surface area contributed by atoms with Gasteiger partial charge in [-0.1, -0.05) is 11.6 Å². The van der Waals surface area contributed by atoms with Crippen LogP contribution in [0.4, 0.5) is 19.0 Å². The first-order valence-electron chi connectivity index (χ1n) is 6.52. The number of aromatic nitrogens is 1. The second-order valence-electron chi connectivity index (χ2n) is 5.16. The van der Waals surface area contributed by atoms with Crippen molar-refractivity contribution < 1.29 is 21.6 Å². The predicted octanol–water partition coefficient (Wildman–Crippen LogP) is 2.59. The zero-order valence-electron chi connectivity index (χ0n) is 11.7. The summed E-state index contributed by atoms with van der Waals surface area (Å²) < 4.78 is 62.0. The molecule has 1 aliphatic heterocycles. The Hall–Kier alpha value is -1.06. The zero-order valence-corrected chi connectivity index (χ0v) is 13.3. The minimum atomic E-state index is -4.51. The van der Waals surface area contributed by atoms with Gasteiger partial charge in [0.2, 0.25) is 10.0 Å². The Morgan fingerprint density at radius 2 is 2.14 bits per heavy atom. The first kappa shape index (κ1) is 17.3. The van der Waals surface area contributed by atoms with Gasteiger partial charge < -0.3 is 5.32 Å². The largest absolute Gasteiger partial charge is 0.417 e. The van der Waals surface area contributed by atoms with Gasteiger partial charge in [-0.15, -0.1) is 0 Å². The summed E-state index contributed by atoms with van der Waals surface area (Å²) in [5.41, 5.74) is -0.926. The van der Waals surface area contributed by atoms with E-state index >= 15 is 0 Å². The molecule has 0 spiro atoms. The summed E-state index contributed by atoms with van der Waals surface area (Å²) in [5, 5.41) is 2.77. The van der Waals surface area contributed by atoms with E-state index < -0.39 is 21.8 Å². The van der Waals surface area contributed by atoms with Crippen LogP contribution in [0, 0.1) is 0 Å². The fourth-order valence-corrected chi connectivity index (χ4v) is 3.39. The third kappa shape index (κ3) is 4.23. The molecule has 10 heteroatoms. The fraction of sp³-hybridized carbons (Fsp3) is 0.583. The van der Waals surface area contributed by atoms with Crippen LogP contribution in [-0.2, 0) is 16.2 Å². The number of halogens is 4. The van der Waals surface area contributed by atoms with Crippen LogP contribution in [0.25, 0.3) is 0 Å². The van der Waals surface area contributed by atoms with E-state index in [0.717, 1.165) is 12.3 Å². The van der Waals surface area contributed by atoms with E-state index in [9.17, 15) is 21.6 Å². The Morgan fingerprint density at radius 1 is 1.45 bits per heavy atom. The molecule has 1 fully saturated rings. The molecule has 1 aromatic heterocycles. The monoisotopic (exact) mass is 357 g/mol. The first-order valence-corrected chi connectivity index (χ1v) is 8.74. The Labute approximate surface area is 131 Å². The van der Waals surface area contributed by atoms with Crippen LogP contribution in [0.3, 0.4) is 0 Å². The van der Waals surface area contributed by atoms with Crippen molar-refractivity contribution in [2.45, 2.75) is 25.1 Å². The summed E-state index contributed by atoms with van der Waals surface area (Å²) in [4.78, 5) is 3.69. The lowest BCUT2D eigenvalue weighted by atomic mass is 10.1. The lowest BCUT2D eigenvalue weighted by molar-refractivity contribution is -0.137. The highest BCUT2D eigenvalue weighted by Gasteiger charge is 2.32. The Balaban J connectivity index is 2.11. The van der Waals surface area contributed by atoms with Crippen molar-refractivity contribution in [1.82, 2.24) is 9.29 Å². The quantitative estimate of drug-likeness (QED) is 0.903. The summed E-state index contributed by atoms with van der Waals surface area (Å²) in [6, 6.07) is 0.554. The minimum absolute atomic E-state index is 0.120. The summed E-state index contributed by atoms with van der Waals surface area (Å²) in [5.74, 6) is 0.120. The SMILES string of the molecule is CS(=O)(=O)N1CCCC(Nc2ncc(C(F)(F)F)cc2Cl)C1. The molecule has 1 aromatic rings. The maximum absolute atomic E-state index is 12.5. The highest BCUT2D eigenvalue weighted by atomic mass is 35.5. The molecule has 0 amide bonds. The molecular formula is C12H15ClF3N3O2S. The van der Waals surface area contributed by atoms with E-state index in [-0.39, 0.29) is 23.4 Å². The molecule has 1 unspecified atom stereocenters. The van der Waals surface area contributed by atoms with E-state index in [4.69, 9.17) is 11.6 Å². The summed E-state index contributed by atoms with van der Waals surface area (Å²) in [6.45, 7) is 0.670. The van der Waals surface area contributed by atoms with Crippen molar-refractivity contribution in [3.63, 3.8) is 0 Å². The summed E-state index contributed by atoms with van der Waals surface area (Å²) >= 11 is 5.82. The molecule has 1 saturated heterocycles. The second-order valence-corrected chi connectivity index (χ2v) is 7.55. The van der Waals surface area contributed by atoms with Gasteiger partial charge in [0, 0.05) is 25.3 Å². The molecule has 5 nitrogen and oxygen atoms in total. The molecule has 0 aliphatic carbocycles. The molecule has 0 aromatic carbocycles. The number of nitrogens with zero attached hydrogens (tertiary/aromatic N) is 2. The van der Waals surface area contributed by atoms with Crippen molar-refractivity contribution in [1.29, 1.82) is 0 Å². The number of anilines is 1. The van der Waals surface area contributed by atoms with Gasteiger partial charge >= 0.3 is 6.18 Å². The normalized spacial score (nSPS) is 20.9. The molecule has 2 heterocycles. The number of hydrogen-bond donors (Lipinski definition) is 1. The molecule has 2 rings (SSSR count). The average Bonchev–Trinajstić information content (AvgIpc) is 2.39. The number of hydrogen-bond acceptors (Lipinski definition) is 4. The molecule has 124 valence electrons. The highest BCUT2D eigenvalue weighted by molar-refractivity contribution is 7.88. The van der Waals surface area contributed by atoms with Crippen LogP contribution >= 0.6 is 11.6 Å². The van der Waals surface area contributed by atoms with Crippen molar-refractivity contribution in [3.05, 3.63) is 22.8 Å². The van der Waals surface area contributed by atoms with Gasteiger partial charge in [-0.25, -0.2) is 17.7 Å². The maximum Gasteiger partial charge on any atom is 0.417 e. The third-order valence-corrected chi connectivity index (χ3v) is 4.92. The Morgan fingerprint density at radius 3 is 2.68 bits per heavy atom. The highest BCUT2D eigenvalue weighted by Crippen LogP contribution is 2.32. The molecule has 1 atom stereocenters. The lowest BCUT2D eigenvalue weighted by Gasteiger charge is -2.31. The van der Waals surface area contributed by atoms with Crippen LogP contribution in [0.1, 0.15) is 18.4 Å². The van der Waals surface area contributed by atoms with Crippen LogP contribution in [0.5, 0.6) is 0 Å². The van der Waals surface area contributed by atoms with Crippen molar-refractivity contribution in [2.24, 2.45) is 0 Å². The maximum atomic E-state index is 12.5. The van der Waals surface area contributed by atoms with Gasteiger partial charge in [0.05, 0.1) is 16.8 Å². The molecule has 0 radical (unpaired) electrons. The molecule has 22 heavy (non-hydrogen) atoms. The minimum Gasteiger partial charge on any atom is -0.365 e. The van der Waals surface area contributed by atoms with Crippen molar-refractivity contribution in [2.75, 3.05) is 24.7 Å². The van der Waals surface area contributed by atoms with E-state index in [1.807, 2.05) is 0 Å². The van der Waals surface area contributed by atoms with Gasteiger partial charge in [0.25, 0.3) is 0 Å². The standard InChI is InChI=1S/C12H15ClF3N3O2S/c1-22(20,21)19-4-2-3-9(7-19)18-11-10(13)5-8(6-17-11)12(14,15)16/h5-6,9H,2-4,7H2,1H3,(H,17,18). The topological polar surface area (TPSA) is 62.3 Å². The van der Waals surface area contributed by atoms with Gasteiger partial charge in [-0.3, -0.25) is 0 Å². The van der Waals surface area contributed by atoms with Gasteiger partial charge in [-0.2, -0.15) is 13.2 Å².